The Morgan fingerprint density at radius 1 is 1.21 bits per heavy atom. The van der Waals surface area contributed by atoms with Crippen LogP contribution in [-0.2, 0) is 7.05 Å². The van der Waals surface area contributed by atoms with Crippen LogP contribution >= 0.6 is 22.9 Å². The molecule has 6 nitrogen and oxygen atoms in total. The zero-order valence-electron chi connectivity index (χ0n) is 15.4. The van der Waals surface area contributed by atoms with Gasteiger partial charge in [-0.25, -0.2) is 9.99 Å². The summed E-state index contributed by atoms with van der Waals surface area (Å²) in [6, 6.07) is 15.7. The minimum Gasteiger partial charge on any atom is -0.509 e. The molecule has 4 aromatic rings. The molecule has 0 amide bonds. The van der Waals surface area contributed by atoms with Crippen LogP contribution in [0.15, 0.2) is 59.4 Å². The van der Waals surface area contributed by atoms with E-state index in [1.54, 1.807) is 6.21 Å². The van der Waals surface area contributed by atoms with E-state index in [1.807, 2.05) is 60.1 Å². The molecule has 1 aliphatic heterocycles. The monoisotopic (exact) mass is 421 g/mol. The first-order valence-corrected chi connectivity index (χ1v) is 10.2. The second-order valence-electron chi connectivity index (χ2n) is 6.74. The summed E-state index contributed by atoms with van der Waals surface area (Å²) in [5.74, 6) is 0.212. The predicted octanol–water partition coefficient (Wildman–Crippen LogP) is 5.04. The maximum Gasteiger partial charge on any atom is 0.155 e. The molecule has 0 unspecified atom stereocenters. The molecule has 2 aromatic carbocycles. The van der Waals surface area contributed by atoms with Crippen molar-refractivity contribution in [2.24, 2.45) is 12.1 Å². The molecule has 2 N–H and O–H groups in total. The lowest BCUT2D eigenvalue weighted by molar-refractivity contribution is 0.358. The van der Waals surface area contributed by atoms with Crippen LogP contribution in [0.1, 0.15) is 10.6 Å². The maximum atomic E-state index is 10.5. The number of hydrogen-bond acceptors (Lipinski definition) is 5. The number of aryl methyl sites for hydroxylation is 1. The van der Waals surface area contributed by atoms with E-state index in [1.165, 1.54) is 16.3 Å². The highest BCUT2D eigenvalue weighted by atomic mass is 35.5. The van der Waals surface area contributed by atoms with Crippen LogP contribution in [-0.4, -0.2) is 38.3 Å². The van der Waals surface area contributed by atoms with Crippen molar-refractivity contribution in [2.75, 3.05) is 6.54 Å². The summed E-state index contributed by atoms with van der Waals surface area (Å²) in [5, 5.41) is 27.1. The molecule has 144 valence electrons. The van der Waals surface area contributed by atoms with Crippen molar-refractivity contribution in [2.45, 2.75) is 0 Å². The Balaban J connectivity index is 1.47. The lowest BCUT2D eigenvalue weighted by Gasteiger charge is -2.11. The van der Waals surface area contributed by atoms with Crippen molar-refractivity contribution >= 4 is 61.7 Å². The van der Waals surface area contributed by atoms with E-state index in [-0.39, 0.29) is 18.1 Å². The zero-order chi connectivity index (χ0) is 20.1. The molecule has 2 aromatic heterocycles. The fourth-order valence-electron chi connectivity index (χ4n) is 3.51. The highest BCUT2D eigenvalue weighted by Crippen LogP contribution is 2.33. The molecule has 0 spiro atoms. The molecule has 0 saturated carbocycles. The van der Waals surface area contributed by atoms with Crippen molar-refractivity contribution in [1.29, 1.82) is 5.41 Å². The predicted molar refractivity (Wildman–Crippen MR) is 119 cm³/mol. The van der Waals surface area contributed by atoms with Crippen LogP contribution in [0.2, 0.25) is 5.15 Å². The summed E-state index contributed by atoms with van der Waals surface area (Å²) < 4.78 is 2.91. The Hall–Kier alpha value is -3.16. The number of aromatic nitrogens is 2. The molecule has 5 rings (SSSR count). The van der Waals surface area contributed by atoms with Crippen molar-refractivity contribution in [3.63, 3.8) is 0 Å². The highest BCUT2D eigenvalue weighted by molar-refractivity contribution is 7.19. The third-order valence-corrected chi connectivity index (χ3v) is 6.50. The van der Waals surface area contributed by atoms with Gasteiger partial charge in [0.2, 0.25) is 0 Å². The van der Waals surface area contributed by atoms with Crippen molar-refractivity contribution in [3.8, 4) is 0 Å². The van der Waals surface area contributed by atoms with Gasteiger partial charge < -0.3 is 9.67 Å². The number of aliphatic hydroxyl groups is 1. The molecule has 0 bridgehead atoms. The van der Waals surface area contributed by atoms with Gasteiger partial charge in [-0.05, 0) is 18.2 Å². The molecule has 0 atom stereocenters. The third-order valence-electron chi connectivity index (χ3n) is 4.99. The Labute approximate surface area is 175 Å². The van der Waals surface area contributed by atoms with Gasteiger partial charge >= 0.3 is 0 Å². The molecule has 0 aliphatic carbocycles. The van der Waals surface area contributed by atoms with E-state index in [0.717, 1.165) is 26.7 Å². The number of nitrogens with one attached hydrogen (secondary N) is 1. The van der Waals surface area contributed by atoms with Gasteiger partial charge in [-0.2, -0.15) is 5.10 Å². The largest absolute Gasteiger partial charge is 0.509 e. The number of amidine groups is 1. The normalized spacial score (nSPS) is 15.0. The fraction of sp³-hybridized carbons (Fsp3) is 0.0952. The molecule has 29 heavy (non-hydrogen) atoms. The van der Waals surface area contributed by atoms with Crippen LogP contribution in [0.3, 0.4) is 0 Å². The smallest absolute Gasteiger partial charge is 0.155 e. The summed E-state index contributed by atoms with van der Waals surface area (Å²) in [6.07, 6.45) is 1.65. The van der Waals surface area contributed by atoms with Crippen LogP contribution < -0.4 is 0 Å². The summed E-state index contributed by atoms with van der Waals surface area (Å²) in [7, 11) is 1.90. The average Bonchev–Trinajstić information content (AvgIpc) is 3.34. The first-order valence-electron chi connectivity index (χ1n) is 8.96. The van der Waals surface area contributed by atoms with Crippen molar-refractivity contribution in [3.05, 3.63) is 70.0 Å². The number of fused-ring (bicyclic) bond motifs is 2. The van der Waals surface area contributed by atoms with Crippen molar-refractivity contribution < 1.29 is 5.11 Å². The number of nitrogens with zero attached hydrogens (tertiary/aromatic N) is 4. The van der Waals surface area contributed by atoms with Gasteiger partial charge in [0.15, 0.2) is 5.84 Å². The molecule has 0 fully saturated rings. The average molecular weight is 422 g/mol. The molecular formula is C21H16ClN5OS. The number of thiazole rings is 1. The van der Waals surface area contributed by atoms with Crippen LogP contribution in [0, 0.1) is 5.41 Å². The Bertz CT molecular complexity index is 1320. The Morgan fingerprint density at radius 3 is 2.79 bits per heavy atom. The molecular weight excluding hydrogens is 406 g/mol. The minimum absolute atomic E-state index is 0.0928. The number of aliphatic hydroxyl groups excluding tert-OH is 1. The van der Waals surface area contributed by atoms with Crippen molar-refractivity contribution in [1.82, 2.24) is 14.6 Å². The van der Waals surface area contributed by atoms with E-state index in [9.17, 15) is 5.11 Å². The summed E-state index contributed by atoms with van der Waals surface area (Å²) in [4.78, 5) is 4.56. The number of rotatable bonds is 3. The summed E-state index contributed by atoms with van der Waals surface area (Å²) in [6.45, 7) is 0.128. The number of halogens is 1. The van der Waals surface area contributed by atoms with Crippen LogP contribution in [0.25, 0.3) is 26.7 Å². The van der Waals surface area contributed by atoms with E-state index in [2.05, 4.69) is 10.1 Å². The van der Waals surface area contributed by atoms with Gasteiger partial charge in [0.25, 0.3) is 0 Å². The van der Waals surface area contributed by atoms with Gasteiger partial charge in [0, 0.05) is 23.5 Å². The van der Waals surface area contributed by atoms with Gasteiger partial charge in [0.1, 0.15) is 22.5 Å². The quantitative estimate of drug-likeness (QED) is 0.455. The first kappa shape index (κ1) is 17.9. The number of benzene rings is 2. The van der Waals surface area contributed by atoms with Crippen LogP contribution in [0.5, 0.6) is 0 Å². The fourth-order valence-corrected chi connectivity index (χ4v) is 4.79. The second-order valence-corrected chi connectivity index (χ2v) is 8.13. The molecule has 3 heterocycles. The number of para-hydroxylation sites is 2. The summed E-state index contributed by atoms with van der Waals surface area (Å²) in [5.41, 5.74) is 3.06. The molecule has 8 heteroatoms. The number of hydrogen-bond donors (Lipinski definition) is 2. The standard InChI is InChI=1S/C21H16ClN5OS/c1-26-15-8-4-2-6-12(15)13(19(26)22)10-24-27-11-16(28)18(20(27)23)21-25-14-7-3-5-9-17(14)29-21/h2-10,23,28H,11H2,1H3/b23-20?,24-10+. The van der Waals surface area contributed by atoms with Crippen LogP contribution in [0.4, 0.5) is 0 Å². The van der Waals surface area contributed by atoms with Gasteiger partial charge in [-0.3, -0.25) is 5.41 Å². The summed E-state index contributed by atoms with van der Waals surface area (Å²) >= 11 is 7.94. The molecule has 1 aliphatic rings. The van der Waals surface area contributed by atoms with E-state index < -0.39 is 0 Å². The molecule has 0 saturated heterocycles. The second kappa shape index (κ2) is 6.72. The molecule has 0 radical (unpaired) electrons. The highest BCUT2D eigenvalue weighted by Gasteiger charge is 2.30. The van der Waals surface area contributed by atoms with E-state index >= 15 is 0 Å². The first-order chi connectivity index (χ1) is 14.0. The van der Waals surface area contributed by atoms with Gasteiger partial charge in [0.05, 0.1) is 22.0 Å². The van der Waals surface area contributed by atoms with Gasteiger partial charge in [-0.15, -0.1) is 11.3 Å². The SMILES string of the molecule is Cn1c(Cl)c(/C=N/N2CC(O)=C(c3nc4ccccc4s3)C2=N)c2ccccc21. The lowest BCUT2D eigenvalue weighted by atomic mass is 10.2. The Kier molecular flexibility index (Phi) is 4.15. The van der Waals surface area contributed by atoms with E-state index in [0.29, 0.717) is 15.7 Å². The zero-order valence-corrected chi connectivity index (χ0v) is 17.0. The topological polar surface area (TPSA) is 77.5 Å². The minimum atomic E-state index is 0.0928. The van der Waals surface area contributed by atoms with Gasteiger partial charge in [-0.1, -0.05) is 41.9 Å². The lowest BCUT2D eigenvalue weighted by Crippen LogP contribution is -2.20. The number of hydrazone groups is 1. The van der Waals surface area contributed by atoms with E-state index in [4.69, 9.17) is 17.0 Å². The third kappa shape index (κ3) is 2.82. The maximum absolute atomic E-state index is 10.5. The Morgan fingerprint density at radius 2 is 1.97 bits per heavy atom.